The number of hydrogen-bond donors (Lipinski definition) is 2. The van der Waals surface area contributed by atoms with Crippen LogP contribution in [-0.4, -0.2) is 66.0 Å². The van der Waals surface area contributed by atoms with Crippen molar-refractivity contribution < 1.29 is 19.5 Å². The number of nitrogens with zero attached hydrogens (tertiary/aromatic N) is 2. The van der Waals surface area contributed by atoms with E-state index in [9.17, 15) is 14.4 Å². The number of likely N-dealkylation sites (tertiary alicyclic amines) is 1. The predicted octanol–water partition coefficient (Wildman–Crippen LogP) is -0.0307. The zero-order valence-electron chi connectivity index (χ0n) is 11.5. The Bertz CT molecular complexity index is 372. The van der Waals surface area contributed by atoms with E-state index in [0.717, 1.165) is 0 Å². The van der Waals surface area contributed by atoms with Crippen LogP contribution in [0.3, 0.4) is 0 Å². The maximum Gasteiger partial charge on any atom is 0.317 e. The molecule has 1 aliphatic heterocycles. The molecule has 2 N–H and O–H groups in total. The van der Waals surface area contributed by atoms with E-state index in [0.29, 0.717) is 19.4 Å². The quantitative estimate of drug-likeness (QED) is 0.751. The number of urea groups is 1. The summed E-state index contributed by atoms with van der Waals surface area (Å²) in [5, 5.41) is 11.6. The minimum atomic E-state index is -0.928. The molecule has 0 aromatic rings. The minimum absolute atomic E-state index is 0.0715. The summed E-state index contributed by atoms with van der Waals surface area (Å²) in [5.74, 6) is -1.45. The summed E-state index contributed by atoms with van der Waals surface area (Å²) in [5.41, 5.74) is 0. The molecule has 0 aliphatic carbocycles. The van der Waals surface area contributed by atoms with Gasteiger partial charge in [0.05, 0.1) is 5.92 Å². The summed E-state index contributed by atoms with van der Waals surface area (Å²) in [6.45, 7) is 2.20. The van der Waals surface area contributed by atoms with Crippen molar-refractivity contribution in [2.45, 2.75) is 25.8 Å². The number of carboxylic acid groups (broad SMARTS) is 1. The summed E-state index contributed by atoms with van der Waals surface area (Å²) in [4.78, 5) is 36.9. The molecule has 1 fully saturated rings. The number of hydrogen-bond acceptors (Lipinski definition) is 3. The van der Waals surface area contributed by atoms with Crippen LogP contribution in [0, 0.1) is 5.92 Å². The molecule has 108 valence electrons. The third kappa shape index (κ3) is 4.42. The molecule has 0 aromatic carbocycles. The standard InChI is InChI=1S/C12H21N3O4/c1-8(11(17)18)6-15(3)12(19)13-9-4-5-10(16)14(2)7-9/h8-9H,4-7H2,1-3H3,(H,13,19)(H,17,18). The maximum absolute atomic E-state index is 11.9. The van der Waals surface area contributed by atoms with Crippen LogP contribution in [0.5, 0.6) is 0 Å². The number of amides is 3. The van der Waals surface area contributed by atoms with Crippen LogP contribution in [0.1, 0.15) is 19.8 Å². The van der Waals surface area contributed by atoms with E-state index in [1.54, 1.807) is 25.9 Å². The Kier molecular flexibility index (Phi) is 5.14. The average Bonchev–Trinajstić information content (AvgIpc) is 2.33. The van der Waals surface area contributed by atoms with Crippen molar-refractivity contribution in [3.05, 3.63) is 0 Å². The summed E-state index contributed by atoms with van der Waals surface area (Å²) in [7, 11) is 3.27. The average molecular weight is 271 g/mol. The highest BCUT2D eigenvalue weighted by Gasteiger charge is 2.25. The molecule has 1 aliphatic rings. The molecule has 1 saturated heterocycles. The fraction of sp³-hybridized carbons (Fsp3) is 0.750. The molecule has 0 spiro atoms. The lowest BCUT2D eigenvalue weighted by Crippen LogP contribution is -2.52. The van der Waals surface area contributed by atoms with E-state index in [2.05, 4.69) is 5.32 Å². The Morgan fingerprint density at radius 2 is 2.21 bits per heavy atom. The number of aliphatic carboxylic acids is 1. The van der Waals surface area contributed by atoms with Crippen LogP contribution in [0.2, 0.25) is 0 Å². The highest BCUT2D eigenvalue weighted by atomic mass is 16.4. The number of rotatable bonds is 4. The van der Waals surface area contributed by atoms with E-state index in [4.69, 9.17) is 5.11 Å². The first-order valence-electron chi connectivity index (χ1n) is 6.29. The fourth-order valence-electron chi connectivity index (χ4n) is 1.99. The maximum atomic E-state index is 11.9. The van der Waals surface area contributed by atoms with Crippen LogP contribution >= 0.6 is 0 Å². The van der Waals surface area contributed by atoms with E-state index in [1.165, 1.54) is 4.90 Å². The summed E-state index contributed by atoms with van der Waals surface area (Å²) >= 11 is 0. The van der Waals surface area contributed by atoms with E-state index in [-0.39, 0.29) is 24.5 Å². The van der Waals surface area contributed by atoms with Crippen molar-refractivity contribution in [3.63, 3.8) is 0 Å². The molecule has 3 amide bonds. The van der Waals surface area contributed by atoms with Crippen molar-refractivity contribution >= 4 is 17.9 Å². The molecule has 7 heteroatoms. The molecule has 1 heterocycles. The third-order valence-corrected chi connectivity index (χ3v) is 3.27. The van der Waals surface area contributed by atoms with Gasteiger partial charge in [-0.2, -0.15) is 0 Å². The van der Waals surface area contributed by atoms with Gasteiger partial charge in [0, 0.05) is 39.6 Å². The van der Waals surface area contributed by atoms with Gasteiger partial charge < -0.3 is 20.2 Å². The minimum Gasteiger partial charge on any atom is -0.481 e. The third-order valence-electron chi connectivity index (χ3n) is 3.27. The smallest absolute Gasteiger partial charge is 0.317 e. The second kappa shape index (κ2) is 6.40. The van der Waals surface area contributed by atoms with Gasteiger partial charge in [0.15, 0.2) is 0 Å². The van der Waals surface area contributed by atoms with Crippen LogP contribution in [-0.2, 0) is 9.59 Å². The molecule has 1 rings (SSSR count). The van der Waals surface area contributed by atoms with Gasteiger partial charge in [0.1, 0.15) is 0 Å². The zero-order chi connectivity index (χ0) is 14.6. The second-order valence-electron chi connectivity index (χ2n) is 5.08. The molecule has 0 saturated carbocycles. The molecule has 2 atom stereocenters. The van der Waals surface area contributed by atoms with Crippen LogP contribution in [0.15, 0.2) is 0 Å². The van der Waals surface area contributed by atoms with Crippen LogP contribution < -0.4 is 5.32 Å². The first kappa shape index (κ1) is 15.3. The normalized spacial score (nSPS) is 20.9. The summed E-state index contributed by atoms with van der Waals surface area (Å²) in [6.07, 6.45) is 1.05. The molecule has 0 bridgehead atoms. The van der Waals surface area contributed by atoms with Crippen molar-refractivity contribution in [3.8, 4) is 0 Å². The van der Waals surface area contributed by atoms with Crippen molar-refractivity contribution in [1.29, 1.82) is 0 Å². The Labute approximate surface area is 112 Å². The Morgan fingerprint density at radius 3 is 2.74 bits per heavy atom. The first-order chi connectivity index (χ1) is 8.81. The number of carbonyl (C=O) groups is 3. The predicted molar refractivity (Wildman–Crippen MR) is 68.6 cm³/mol. The van der Waals surface area contributed by atoms with Crippen molar-refractivity contribution in [2.75, 3.05) is 27.2 Å². The summed E-state index contributed by atoms with van der Waals surface area (Å²) in [6, 6.07) is -0.376. The zero-order valence-corrected chi connectivity index (χ0v) is 11.5. The molecule has 2 unspecified atom stereocenters. The number of likely N-dealkylation sites (N-methyl/N-ethyl adjacent to an activating group) is 1. The lowest BCUT2D eigenvalue weighted by molar-refractivity contribution is -0.141. The van der Waals surface area contributed by atoms with Gasteiger partial charge in [-0.1, -0.05) is 6.92 Å². The van der Waals surface area contributed by atoms with Gasteiger partial charge in [0.25, 0.3) is 0 Å². The SMILES string of the molecule is CC(CN(C)C(=O)NC1CCC(=O)N(C)C1)C(=O)O. The Hall–Kier alpha value is -1.79. The van der Waals surface area contributed by atoms with Crippen molar-refractivity contribution in [2.24, 2.45) is 5.92 Å². The van der Waals surface area contributed by atoms with E-state index in [1.807, 2.05) is 0 Å². The molecular formula is C12H21N3O4. The second-order valence-corrected chi connectivity index (χ2v) is 5.08. The van der Waals surface area contributed by atoms with Crippen LogP contribution in [0.25, 0.3) is 0 Å². The lowest BCUT2D eigenvalue weighted by Gasteiger charge is -2.31. The number of carbonyl (C=O) groups excluding carboxylic acids is 2. The van der Waals surface area contributed by atoms with Crippen molar-refractivity contribution in [1.82, 2.24) is 15.1 Å². The van der Waals surface area contributed by atoms with Gasteiger partial charge >= 0.3 is 12.0 Å². The number of carboxylic acids is 1. The molecule has 19 heavy (non-hydrogen) atoms. The summed E-state index contributed by atoms with van der Waals surface area (Å²) < 4.78 is 0. The monoisotopic (exact) mass is 271 g/mol. The highest BCUT2D eigenvalue weighted by Crippen LogP contribution is 2.10. The van der Waals surface area contributed by atoms with Crippen LogP contribution in [0.4, 0.5) is 4.79 Å². The fourth-order valence-corrected chi connectivity index (χ4v) is 1.99. The molecule has 7 nitrogen and oxygen atoms in total. The highest BCUT2D eigenvalue weighted by molar-refractivity contribution is 5.78. The Balaban J connectivity index is 2.42. The number of piperidine rings is 1. The van der Waals surface area contributed by atoms with Gasteiger partial charge in [-0.25, -0.2) is 4.79 Å². The largest absolute Gasteiger partial charge is 0.481 e. The van der Waals surface area contributed by atoms with E-state index >= 15 is 0 Å². The van der Waals surface area contributed by atoms with Gasteiger partial charge in [-0.15, -0.1) is 0 Å². The Morgan fingerprint density at radius 1 is 1.58 bits per heavy atom. The van der Waals surface area contributed by atoms with E-state index < -0.39 is 11.9 Å². The molecular weight excluding hydrogens is 250 g/mol. The first-order valence-corrected chi connectivity index (χ1v) is 6.29. The van der Waals surface area contributed by atoms with Gasteiger partial charge in [-0.3, -0.25) is 9.59 Å². The van der Waals surface area contributed by atoms with Gasteiger partial charge in [-0.05, 0) is 6.42 Å². The molecule has 0 aromatic heterocycles. The lowest BCUT2D eigenvalue weighted by atomic mass is 10.1. The van der Waals surface area contributed by atoms with Gasteiger partial charge in [0.2, 0.25) is 5.91 Å². The topological polar surface area (TPSA) is 90.0 Å². The molecule has 0 radical (unpaired) electrons. The number of nitrogens with one attached hydrogen (secondary N) is 1.